The van der Waals surface area contributed by atoms with Gasteiger partial charge in [0.2, 0.25) is 0 Å². The van der Waals surface area contributed by atoms with Crippen LogP contribution in [0.2, 0.25) is 0 Å². The first-order valence-corrected chi connectivity index (χ1v) is 8.62. The van der Waals surface area contributed by atoms with Crippen LogP contribution in [-0.4, -0.2) is 18.5 Å². The van der Waals surface area contributed by atoms with Crippen molar-refractivity contribution in [1.82, 2.24) is 0 Å². The van der Waals surface area contributed by atoms with Crippen molar-refractivity contribution >= 4 is 7.92 Å². The van der Waals surface area contributed by atoms with Gasteiger partial charge in [-0.2, -0.15) is 0 Å². The van der Waals surface area contributed by atoms with Gasteiger partial charge in [0, 0.05) is 0 Å². The maximum Gasteiger partial charge on any atom is -0.0326 e. The normalized spacial score (nSPS) is 11.7. The number of hydrogen-bond acceptors (Lipinski definition) is 0. The molecule has 90 valence electrons. The summed E-state index contributed by atoms with van der Waals surface area (Å²) in [6.45, 7) is 6.91. The van der Waals surface area contributed by atoms with Gasteiger partial charge >= 0.3 is 0 Å². The molecule has 0 radical (unpaired) electrons. The molecule has 0 fully saturated rings. The molecule has 0 aliphatic heterocycles. The van der Waals surface area contributed by atoms with Gasteiger partial charge in [0.05, 0.1) is 0 Å². The van der Waals surface area contributed by atoms with Crippen LogP contribution in [0, 0.1) is 0 Å². The molecule has 0 aliphatic rings. The first-order valence-electron chi connectivity index (χ1n) is 6.72. The smallest absolute Gasteiger partial charge is 0.0326 e. The minimum atomic E-state index is 0.400. The third-order valence-electron chi connectivity index (χ3n) is 2.89. The minimum Gasteiger partial charge on any atom is -0.107 e. The van der Waals surface area contributed by atoms with Gasteiger partial charge in [-0.05, 0) is 44.2 Å². The van der Waals surface area contributed by atoms with Crippen LogP contribution >= 0.6 is 7.92 Å². The fraction of sp³-hybridized carbons (Fsp3) is 0.857. The number of unbranched alkanes of at least 4 members (excludes halogenated alkanes) is 4. The van der Waals surface area contributed by atoms with E-state index in [-0.39, 0.29) is 0 Å². The van der Waals surface area contributed by atoms with Crippen molar-refractivity contribution in [2.75, 3.05) is 18.5 Å². The Bertz CT molecular complexity index is 136. The quantitative estimate of drug-likeness (QED) is 0.266. The number of hydrogen-bond donors (Lipinski definition) is 0. The van der Waals surface area contributed by atoms with Gasteiger partial charge in [0.15, 0.2) is 0 Å². The third kappa shape index (κ3) is 10.5. The highest BCUT2D eigenvalue weighted by Crippen LogP contribution is 2.35. The molecule has 0 aromatic carbocycles. The van der Waals surface area contributed by atoms with E-state index in [1.165, 1.54) is 57.0 Å². The van der Waals surface area contributed by atoms with Crippen LogP contribution in [0.5, 0.6) is 0 Å². The molecule has 1 heteroatoms. The Balaban J connectivity index is 3.13. The van der Waals surface area contributed by atoms with E-state index in [0.717, 1.165) is 0 Å². The fourth-order valence-electron chi connectivity index (χ4n) is 1.78. The molecule has 0 saturated carbocycles. The van der Waals surface area contributed by atoms with Gasteiger partial charge in [-0.15, -0.1) is 7.92 Å². The van der Waals surface area contributed by atoms with Crippen molar-refractivity contribution in [2.45, 2.75) is 59.3 Å². The highest BCUT2D eigenvalue weighted by atomic mass is 31.1. The van der Waals surface area contributed by atoms with E-state index in [1.807, 2.05) is 0 Å². The van der Waals surface area contributed by atoms with Gasteiger partial charge in [0.1, 0.15) is 0 Å². The lowest BCUT2D eigenvalue weighted by Crippen LogP contribution is -1.90. The lowest BCUT2D eigenvalue weighted by molar-refractivity contribution is 0.676. The van der Waals surface area contributed by atoms with Crippen molar-refractivity contribution < 1.29 is 0 Å². The van der Waals surface area contributed by atoms with Gasteiger partial charge in [0.25, 0.3) is 0 Å². The molecule has 0 unspecified atom stereocenters. The first-order chi connectivity index (χ1) is 7.35. The Kier molecular flexibility index (Phi) is 12.4. The molecular weight excluding hydrogens is 199 g/mol. The summed E-state index contributed by atoms with van der Waals surface area (Å²) in [6, 6.07) is 0. The van der Waals surface area contributed by atoms with Crippen molar-refractivity contribution in [3.05, 3.63) is 12.2 Å². The van der Waals surface area contributed by atoms with Gasteiger partial charge < -0.3 is 0 Å². The molecule has 0 atom stereocenters. The van der Waals surface area contributed by atoms with Gasteiger partial charge in [-0.1, -0.05) is 45.8 Å². The van der Waals surface area contributed by atoms with E-state index < -0.39 is 0 Å². The van der Waals surface area contributed by atoms with E-state index in [0.29, 0.717) is 7.92 Å². The van der Waals surface area contributed by atoms with Crippen LogP contribution in [-0.2, 0) is 0 Å². The standard InChI is InChI=1S/C14H29P/c1-4-7-8-9-10-11-12-13-14-15(5-2)6-3/h7-8H,4-6,9-14H2,1-3H3/b8-7+. The fourth-order valence-corrected chi connectivity index (χ4v) is 3.53. The Labute approximate surface area is 98.3 Å². The molecule has 15 heavy (non-hydrogen) atoms. The molecule has 0 bridgehead atoms. The van der Waals surface area contributed by atoms with Crippen molar-refractivity contribution in [2.24, 2.45) is 0 Å². The monoisotopic (exact) mass is 228 g/mol. The highest BCUT2D eigenvalue weighted by molar-refractivity contribution is 7.57. The van der Waals surface area contributed by atoms with E-state index in [9.17, 15) is 0 Å². The second kappa shape index (κ2) is 12.2. The second-order valence-corrected chi connectivity index (χ2v) is 7.16. The van der Waals surface area contributed by atoms with Crippen LogP contribution in [0.3, 0.4) is 0 Å². The molecule has 0 amide bonds. The van der Waals surface area contributed by atoms with Crippen molar-refractivity contribution in [3.63, 3.8) is 0 Å². The molecule has 0 aromatic heterocycles. The second-order valence-electron chi connectivity index (χ2n) is 4.11. The highest BCUT2D eigenvalue weighted by Gasteiger charge is 2.00. The van der Waals surface area contributed by atoms with Crippen molar-refractivity contribution in [3.8, 4) is 0 Å². The number of rotatable bonds is 10. The maximum atomic E-state index is 2.35. The van der Waals surface area contributed by atoms with E-state index >= 15 is 0 Å². The van der Waals surface area contributed by atoms with Crippen LogP contribution < -0.4 is 0 Å². The molecule has 0 heterocycles. The molecule has 0 rings (SSSR count). The number of allylic oxidation sites excluding steroid dienone is 2. The molecule has 0 nitrogen and oxygen atoms in total. The molecular formula is C14H29P. The average molecular weight is 228 g/mol. The largest absolute Gasteiger partial charge is 0.107 e. The van der Waals surface area contributed by atoms with Crippen LogP contribution in [0.25, 0.3) is 0 Å². The average Bonchev–Trinajstić information content (AvgIpc) is 2.27. The Morgan fingerprint density at radius 1 is 0.800 bits per heavy atom. The van der Waals surface area contributed by atoms with Crippen molar-refractivity contribution in [1.29, 1.82) is 0 Å². The summed E-state index contributed by atoms with van der Waals surface area (Å²) in [6.07, 6.45) is 17.3. The molecule has 0 saturated heterocycles. The lowest BCUT2D eigenvalue weighted by atomic mass is 10.1. The predicted molar refractivity (Wildman–Crippen MR) is 75.4 cm³/mol. The summed E-state index contributed by atoms with van der Waals surface area (Å²) in [5.41, 5.74) is 0. The first kappa shape index (κ1) is 15.2. The summed E-state index contributed by atoms with van der Waals surface area (Å²) in [5, 5.41) is 0. The Morgan fingerprint density at radius 2 is 1.47 bits per heavy atom. The topological polar surface area (TPSA) is 0 Å². The molecule has 0 spiro atoms. The summed E-state index contributed by atoms with van der Waals surface area (Å²) in [4.78, 5) is 0. The minimum absolute atomic E-state index is 0.400. The molecule has 0 aliphatic carbocycles. The summed E-state index contributed by atoms with van der Waals surface area (Å²) < 4.78 is 0. The third-order valence-corrected chi connectivity index (χ3v) is 5.63. The van der Waals surface area contributed by atoms with Gasteiger partial charge in [-0.25, -0.2) is 0 Å². The van der Waals surface area contributed by atoms with E-state index in [1.54, 1.807) is 0 Å². The zero-order chi connectivity index (χ0) is 11.4. The zero-order valence-corrected chi connectivity index (χ0v) is 11.9. The summed E-state index contributed by atoms with van der Waals surface area (Å²) >= 11 is 0. The van der Waals surface area contributed by atoms with E-state index in [2.05, 4.69) is 32.9 Å². The SMILES string of the molecule is CC/C=C/CCCCCCP(CC)CC. The van der Waals surface area contributed by atoms with Crippen LogP contribution in [0.1, 0.15) is 59.3 Å². The maximum absolute atomic E-state index is 2.35. The van der Waals surface area contributed by atoms with Gasteiger partial charge in [-0.3, -0.25) is 0 Å². The van der Waals surface area contributed by atoms with E-state index in [4.69, 9.17) is 0 Å². The lowest BCUT2D eigenvalue weighted by Gasteiger charge is -2.12. The molecule has 0 aromatic rings. The summed E-state index contributed by atoms with van der Waals surface area (Å²) in [7, 11) is 0.400. The van der Waals surface area contributed by atoms with Crippen LogP contribution in [0.4, 0.5) is 0 Å². The Hall–Kier alpha value is 0.170. The zero-order valence-electron chi connectivity index (χ0n) is 11.0. The molecule has 0 N–H and O–H groups in total. The van der Waals surface area contributed by atoms with Crippen LogP contribution in [0.15, 0.2) is 12.2 Å². The summed E-state index contributed by atoms with van der Waals surface area (Å²) in [5.74, 6) is 0. The Morgan fingerprint density at radius 3 is 2.07 bits per heavy atom. The predicted octanol–water partition coefficient (Wildman–Crippen LogP) is 5.42.